The second-order valence-corrected chi connectivity index (χ2v) is 8.08. The molecule has 38 heavy (non-hydrogen) atoms. The molecule has 0 aliphatic carbocycles. The highest BCUT2D eigenvalue weighted by Crippen LogP contribution is 2.38. The maximum atomic E-state index is 13.6. The molecule has 11 heteroatoms. The van der Waals surface area contributed by atoms with E-state index in [1.54, 1.807) is 0 Å². The van der Waals surface area contributed by atoms with Crippen molar-refractivity contribution in [2.24, 2.45) is 0 Å². The number of nitrogens with zero attached hydrogens (tertiary/aromatic N) is 2. The van der Waals surface area contributed by atoms with Crippen molar-refractivity contribution in [1.29, 1.82) is 0 Å². The number of hydrogen-bond acceptors (Lipinski definition) is 6. The molecule has 0 fully saturated rings. The van der Waals surface area contributed by atoms with Crippen molar-refractivity contribution in [3.8, 4) is 23.0 Å². The normalized spacial score (nSPS) is 15.1. The van der Waals surface area contributed by atoms with Crippen LogP contribution in [0, 0.1) is 0 Å². The van der Waals surface area contributed by atoms with Crippen LogP contribution in [0.1, 0.15) is 5.56 Å². The quantitative estimate of drug-likeness (QED) is 0.418. The highest BCUT2D eigenvalue weighted by atomic mass is 19.4. The van der Waals surface area contributed by atoms with Crippen LogP contribution in [0.15, 0.2) is 91.0 Å². The number of anilines is 2. The number of amides is 4. The number of carbonyl (C=O) groups excluding carboxylic acids is 4. The largest absolute Gasteiger partial charge is 0.457 e. The number of carbonyl (C=O) groups is 4. The van der Waals surface area contributed by atoms with Gasteiger partial charge in [0.25, 0.3) is 23.6 Å². The molecule has 0 aromatic heterocycles. The van der Waals surface area contributed by atoms with Crippen molar-refractivity contribution in [3.63, 3.8) is 0 Å². The van der Waals surface area contributed by atoms with Crippen molar-refractivity contribution in [1.82, 2.24) is 0 Å². The monoisotopic (exact) mass is 520 g/mol. The van der Waals surface area contributed by atoms with Gasteiger partial charge in [-0.05, 0) is 36.4 Å². The van der Waals surface area contributed by atoms with Gasteiger partial charge in [0.05, 0.1) is 16.9 Å². The summed E-state index contributed by atoms with van der Waals surface area (Å²) in [5, 5.41) is 0. The van der Waals surface area contributed by atoms with E-state index in [4.69, 9.17) is 9.47 Å². The van der Waals surface area contributed by atoms with Gasteiger partial charge in [-0.2, -0.15) is 13.2 Å². The zero-order valence-electron chi connectivity index (χ0n) is 19.1. The van der Waals surface area contributed by atoms with Gasteiger partial charge in [0.2, 0.25) is 0 Å². The summed E-state index contributed by atoms with van der Waals surface area (Å²) >= 11 is 0. The van der Waals surface area contributed by atoms with Crippen LogP contribution >= 0.6 is 0 Å². The van der Waals surface area contributed by atoms with Gasteiger partial charge < -0.3 is 9.47 Å². The van der Waals surface area contributed by atoms with Crippen LogP contribution in [-0.4, -0.2) is 23.6 Å². The number of benzene rings is 3. The first-order valence-electron chi connectivity index (χ1n) is 11.0. The predicted molar refractivity (Wildman–Crippen MR) is 128 cm³/mol. The topological polar surface area (TPSA) is 93.2 Å². The minimum absolute atomic E-state index is 0.0702. The predicted octanol–water partition coefficient (Wildman–Crippen LogP) is 5.15. The summed E-state index contributed by atoms with van der Waals surface area (Å²) in [6.07, 6.45) is -0.317. The highest BCUT2D eigenvalue weighted by molar-refractivity contribution is 6.28. The van der Waals surface area contributed by atoms with E-state index in [0.717, 1.165) is 46.2 Å². The van der Waals surface area contributed by atoms with Gasteiger partial charge in [-0.3, -0.25) is 19.2 Å². The number of alkyl halides is 3. The van der Waals surface area contributed by atoms with E-state index in [2.05, 4.69) is 0 Å². The van der Waals surface area contributed by atoms with Gasteiger partial charge in [0.1, 0.15) is 23.0 Å². The zero-order valence-corrected chi connectivity index (χ0v) is 19.1. The SMILES string of the molecule is O=C1C=CC(=O)N1c1cccc(Oc2cc(Oc3cccc(N4C(=O)C=CC4=O)c3)cc(C(F)(F)F)c2)c1. The Hall–Kier alpha value is -5.19. The number of imide groups is 2. The molecule has 0 radical (unpaired) electrons. The van der Waals surface area contributed by atoms with Gasteiger partial charge in [-0.1, -0.05) is 12.1 Å². The number of halogens is 3. The van der Waals surface area contributed by atoms with E-state index in [1.807, 2.05) is 0 Å². The van der Waals surface area contributed by atoms with Crippen molar-refractivity contribution in [2.45, 2.75) is 6.18 Å². The summed E-state index contributed by atoms with van der Waals surface area (Å²) in [6, 6.07) is 14.3. The summed E-state index contributed by atoms with van der Waals surface area (Å²) in [4.78, 5) is 49.6. The van der Waals surface area contributed by atoms with E-state index in [9.17, 15) is 32.3 Å². The molecule has 2 heterocycles. The van der Waals surface area contributed by atoms with Gasteiger partial charge in [-0.25, -0.2) is 9.80 Å². The lowest BCUT2D eigenvalue weighted by Gasteiger charge is -2.17. The standard InChI is InChI=1S/C27H15F3N2O6/c28-27(29,30)16-11-21(37-19-5-1-3-17(13-19)31-23(33)7-8-24(31)34)15-22(12-16)38-20-6-2-4-18(14-20)32-25(35)9-10-26(32)36/h1-15H. The van der Waals surface area contributed by atoms with Crippen molar-refractivity contribution in [3.05, 3.63) is 96.6 Å². The third-order valence-corrected chi connectivity index (χ3v) is 5.45. The molecular weight excluding hydrogens is 505 g/mol. The molecule has 190 valence electrons. The molecule has 0 saturated carbocycles. The van der Waals surface area contributed by atoms with Gasteiger partial charge in [-0.15, -0.1) is 0 Å². The Morgan fingerprint density at radius 3 is 1.29 bits per heavy atom. The van der Waals surface area contributed by atoms with Crippen LogP contribution in [0.5, 0.6) is 23.0 Å². The lowest BCUT2D eigenvalue weighted by Crippen LogP contribution is -2.29. The third-order valence-electron chi connectivity index (χ3n) is 5.45. The summed E-state index contributed by atoms with van der Waals surface area (Å²) in [7, 11) is 0. The highest BCUT2D eigenvalue weighted by Gasteiger charge is 2.32. The Balaban J connectivity index is 1.44. The summed E-state index contributed by atoms with van der Waals surface area (Å²) in [6.45, 7) is 0. The zero-order chi connectivity index (χ0) is 27.0. The summed E-state index contributed by atoms with van der Waals surface area (Å²) in [5.74, 6) is -2.55. The van der Waals surface area contributed by atoms with Crippen LogP contribution in [0.3, 0.4) is 0 Å². The van der Waals surface area contributed by atoms with Crippen molar-refractivity contribution >= 4 is 35.0 Å². The lowest BCUT2D eigenvalue weighted by molar-refractivity contribution is -0.137. The third kappa shape index (κ3) is 4.89. The van der Waals surface area contributed by atoms with Crippen LogP contribution < -0.4 is 19.3 Å². The van der Waals surface area contributed by atoms with Gasteiger partial charge in [0, 0.05) is 42.5 Å². The molecule has 3 aromatic rings. The molecule has 4 amide bonds. The molecular formula is C27H15F3N2O6. The molecule has 2 aliphatic rings. The van der Waals surface area contributed by atoms with Crippen molar-refractivity contribution < 1.29 is 41.8 Å². The second kappa shape index (κ2) is 9.36. The van der Waals surface area contributed by atoms with E-state index < -0.39 is 35.4 Å². The van der Waals surface area contributed by atoms with Crippen molar-refractivity contribution in [2.75, 3.05) is 9.80 Å². The lowest BCUT2D eigenvalue weighted by atomic mass is 10.2. The minimum Gasteiger partial charge on any atom is -0.457 e. The van der Waals surface area contributed by atoms with E-state index in [0.29, 0.717) is 0 Å². The molecule has 0 atom stereocenters. The first-order chi connectivity index (χ1) is 18.1. The number of ether oxygens (including phenoxy) is 2. The Morgan fingerprint density at radius 1 is 0.526 bits per heavy atom. The molecule has 0 spiro atoms. The molecule has 2 aliphatic heterocycles. The Labute approximate surface area is 212 Å². The maximum absolute atomic E-state index is 13.6. The molecule has 0 saturated heterocycles. The average molecular weight is 520 g/mol. The Kier molecular flexibility index (Phi) is 6.03. The average Bonchev–Trinajstić information content (AvgIpc) is 3.38. The smallest absolute Gasteiger partial charge is 0.416 e. The van der Waals surface area contributed by atoms with Gasteiger partial charge in [0.15, 0.2) is 0 Å². The fraction of sp³-hybridized carbons (Fsp3) is 0.0370. The molecule has 0 unspecified atom stereocenters. The first-order valence-corrected chi connectivity index (χ1v) is 11.0. The molecule has 3 aromatic carbocycles. The fourth-order valence-corrected chi connectivity index (χ4v) is 3.81. The summed E-state index contributed by atoms with van der Waals surface area (Å²) in [5.41, 5.74) is -0.688. The second-order valence-electron chi connectivity index (χ2n) is 8.08. The fourth-order valence-electron chi connectivity index (χ4n) is 3.81. The first kappa shape index (κ1) is 24.5. The van der Waals surface area contributed by atoms with E-state index in [-0.39, 0.29) is 34.4 Å². The summed E-state index contributed by atoms with van der Waals surface area (Å²) < 4.78 is 52.2. The minimum atomic E-state index is -4.73. The van der Waals surface area contributed by atoms with E-state index >= 15 is 0 Å². The molecule has 0 N–H and O–H groups in total. The Bertz CT molecular complexity index is 1420. The molecule has 8 nitrogen and oxygen atoms in total. The molecule has 5 rings (SSSR count). The molecule has 0 bridgehead atoms. The number of hydrogen-bond donors (Lipinski definition) is 0. The van der Waals surface area contributed by atoms with Crippen LogP contribution in [0.25, 0.3) is 0 Å². The van der Waals surface area contributed by atoms with Crippen LogP contribution in [-0.2, 0) is 25.4 Å². The Morgan fingerprint density at radius 2 is 0.921 bits per heavy atom. The van der Waals surface area contributed by atoms with E-state index in [1.165, 1.54) is 54.6 Å². The van der Waals surface area contributed by atoms with Gasteiger partial charge >= 0.3 is 6.18 Å². The van der Waals surface area contributed by atoms with Crippen LogP contribution in [0.4, 0.5) is 24.5 Å². The van der Waals surface area contributed by atoms with Crippen LogP contribution in [0.2, 0.25) is 0 Å². The number of rotatable bonds is 6. The maximum Gasteiger partial charge on any atom is 0.416 e.